The quantitative estimate of drug-likeness (QED) is 0.0987. The number of anilines is 1. The zero-order valence-corrected chi connectivity index (χ0v) is 26.3. The van der Waals surface area contributed by atoms with Gasteiger partial charge in [-0.3, -0.25) is 24.2 Å². The number of halogens is 1. The average molecular weight is 636 g/mol. The summed E-state index contributed by atoms with van der Waals surface area (Å²) in [5, 5.41) is 15.5. The number of likely N-dealkylation sites (tertiary alicyclic amines) is 1. The van der Waals surface area contributed by atoms with E-state index in [1.54, 1.807) is 6.07 Å². The van der Waals surface area contributed by atoms with Gasteiger partial charge in [0.1, 0.15) is 16.7 Å². The topological polar surface area (TPSA) is 192 Å². The van der Waals surface area contributed by atoms with Crippen LogP contribution < -0.4 is 22.1 Å². The van der Waals surface area contributed by atoms with E-state index in [-0.39, 0.29) is 37.2 Å². The molecule has 0 radical (unpaired) electrons. The fourth-order valence-electron chi connectivity index (χ4n) is 5.64. The van der Waals surface area contributed by atoms with Crippen molar-refractivity contribution in [2.24, 2.45) is 10.7 Å². The van der Waals surface area contributed by atoms with Crippen LogP contribution in [0.2, 0.25) is 5.15 Å². The van der Waals surface area contributed by atoms with E-state index in [2.05, 4.69) is 44.1 Å². The molecule has 1 aromatic heterocycles. The first kappa shape index (κ1) is 35.2. The number of hydrogen-bond donors (Lipinski definition) is 5. The first-order valence-corrected chi connectivity index (χ1v) is 15.4. The van der Waals surface area contributed by atoms with Gasteiger partial charge in [-0.25, -0.2) is 9.98 Å². The van der Waals surface area contributed by atoms with Crippen LogP contribution in [0.1, 0.15) is 38.7 Å². The number of aryl methyl sites for hydroxylation is 1. The predicted molar refractivity (Wildman–Crippen MR) is 169 cm³/mol. The standard InChI is InChI=1S/C22H37N7O5.C7H9ClN2/c1-3-15-10-28(8-9-29(15)16-4-6-27(14-30)7-5-16)11-19(32)26-20(21(23)24-2)22(33)25-17-12-34-13-18(17)31;1-2-5-3-4-6(8)10-7(5)9/h14-18,31H,2-13,23H2,1H3,(H,25,33)(H,26,32);3-4H,2H2,1H3,(H2,9,10)/b21-20-;. The van der Waals surface area contributed by atoms with Gasteiger partial charge in [0.05, 0.1) is 31.9 Å². The maximum atomic E-state index is 12.8. The Hall–Kier alpha value is -3.30. The van der Waals surface area contributed by atoms with Crippen molar-refractivity contribution in [3.63, 3.8) is 0 Å². The maximum Gasteiger partial charge on any atom is 0.272 e. The summed E-state index contributed by atoms with van der Waals surface area (Å²) in [6.45, 7) is 11.8. The minimum Gasteiger partial charge on any atom is -0.388 e. The summed E-state index contributed by atoms with van der Waals surface area (Å²) >= 11 is 5.58. The molecule has 1 aromatic rings. The van der Waals surface area contributed by atoms with E-state index in [0.717, 1.165) is 70.4 Å². The molecule has 0 bridgehead atoms. The molecule has 0 aliphatic carbocycles. The lowest BCUT2D eigenvalue weighted by Gasteiger charge is -2.47. The van der Waals surface area contributed by atoms with Gasteiger partial charge < -0.3 is 36.8 Å². The van der Waals surface area contributed by atoms with Crippen LogP contribution in [0.4, 0.5) is 5.82 Å². The number of aliphatic imine (C=N–C) groups is 1. The van der Waals surface area contributed by atoms with Crippen LogP contribution in [0.3, 0.4) is 0 Å². The molecule has 3 aliphatic heterocycles. The Balaban J connectivity index is 0.000000448. The number of nitrogens with zero attached hydrogens (tertiary/aromatic N) is 5. The van der Waals surface area contributed by atoms with Crippen LogP contribution in [0.15, 0.2) is 28.6 Å². The minimum atomic E-state index is -0.827. The number of aliphatic hydroxyl groups is 1. The number of amides is 3. The number of nitrogens with two attached hydrogens (primary N) is 2. The van der Waals surface area contributed by atoms with Gasteiger partial charge in [0.2, 0.25) is 12.3 Å². The molecule has 244 valence electrons. The Morgan fingerprint density at radius 2 is 1.95 bits per heavy atom. The monoisotopic (exact) mass is 635 g/mol. The van der Waals surface area contributed by atoms with Crippen molar-refractivity contribution < 1.29 is 24.2 Å². The third-order valence-corrected chi connectivity index (χ3v) is 8.42. The molecule has 3 unspecified atom stereocenters. The third kappa shape index (κ3) is 9.86. The van der Waals surface area contributed by atoms with Gasteiger partial charge in [-0.2, -0.15) is 0 Å². The number of ether oxygens (including phenoxy) is 1. The van der Waals surface area contributed by atoms with E-state index >= 15 is 0 Å². The van der Waals surface area contributed by atoms with E-state index in [0.29, 0.717) is 23.1 Å². The van der Waals surface area contributed by atoms with E-state index in [1.165, 1.54) is 0 Å². The highest BCUT2D eigenvalue weighted by molar-refractivity contribution is 6.29. The molecular weight excluding hydrogens is 590 g/mol. The summed E-state index contributed by atoms with van der Waals surface area (Å²) in [6, 6.07) is 3.82. The van der Waals surface area contributed by atoms with Gasteiger partial charge in [-0.1, -0.05) is 31.5 Å². The first-order chi connectivity index (χ1) is 21.1. The van der Waals surface area contributed by atoms with Gasteiger partial charge in [0.15, 0.2) is 5.82 Å². The van der Waals surface area contributed by atoms with Gasteiger partial charge in [-0.15, -0.1) is 0 Å². The summed E-state index contributed by atoms with van der Waals surface area (Å²) in [5.41, 5.74) is 12.2. The molecule has 14 nitrogen and oxygen atoms in total. The smallest absolute Gasteiger partial charge is 0.272 e. The second kappa shape index (κ2) is 17.3. The molecular formula is C29H46ClN9O5. The lowest BCUT2D eigenvalue weighted by Crippen LogP contribution is -2.59. The molecule has 3 aliphatic rings. The Morgan fingerprint density at radius 3 is 2.52 bits per heavy atom. The van der Waals surface area contributed by atoms with Crippen LogP contribution in [0, 0.1) is 0 Å². The van der Waals surface area contributed by atoms with Gasteiger partial charge in [0, 0.05) is 44.8 Å². The number of nitrogens with one attached hydrogen (secondary N) is 2. The van der Waals surface area contributed by atoms with Crippen LogP contribution in [-0.2, 0) is 25.5 Å². The average Bonchev–Trinajstić information content (AvgIpc) is 3.43. The van der Waals surface area contributed by atoms with E-state index in [1.807, 2.05) is 17.9 Å². The highest BCUT2D eigenvalue weighted by atomic mass is 35.5. The number of pyridine rings is 1. The van der Waals surface area contributed by atoms with Crippen molar-refractivity contribution >= 4 is 42.4 Å². The van der Waals surface area contributed by atoms with Gasteiger partial charge >= 0.3 is 0 Å². The molecule has 0 aromatic carbocycles. The highest BCUT2D eigenvalue weighted by Gasteiger charge is 2.34. The van der Waals surface area contributed by atoms with E-state index < -0.39 is 18.1 Å². The van der Waals surface area contributed by atoms with Crippen molar-refractivity contribution in [3.05, 3.63) is 34.4 Å². The predicted octanol–water partition coefficient (Wildman–Crippen LogP) is -0.296. The van der Waals surface area contributed by atoms with Crippen LogP contribution in [-0.4, -0.2) is 126 Å². The number of carbonyl (C=O) groups is 3. The Morgan fingerprint density at radius 1 is 1.23 bits per heavy atom. The third-order valence-electron chi connectivity index (χ3n) is 8.21. The highest BCUT2D eigenvalue weighted by Crippen LogP contribution is 2.23. The summed E-state index contributed by atoms with van der Waals surface area (Å²) < 4.78 is 5.14. The first-order valence-electron chi connectivity index (χ1n) is 15.0. The Labute approximate surface area is 263 Å². The number of piperidine rings is 1. The van der Waals surface area contributed by atoms with E-state index in [4.69, 9.17) is 27.8 Å². The number of nitrogen functional groups attached to an aromatic ring is 1. The van der Waals surface area contributed by atoms with Crippen LogP contribution in [0.25, 0.3) is 0 Å². The normalized spacial score (nSPS) is 23.6. The number of rotatable bonds is 10. The Kier molecular flexibility index (Phi) is 13.8. The van der Waals surface area contributed by atoms with Crippen molar-refractivity contribution in [2.45, 2.75) is 63.8 Å². The zero-order valence-electron chi connectivity index (χ0n) is 25.6. The molecule has 3 atom stereocenters. The summed E-state index contributed by atoms with van der Waals surface area (Å²) in [5.74, 6) is -0.680. The van der Waals surface area contributed by atoms with Crippen molar-refractivity contribution in [2.75, 3.05) is 58.2 Å². The second-order valence-corrected chi connectivity index (χ2v) is 11.5. The SMILES string of the molecule is C=N/C(N)=C(\NC(=O)CN1CCN(C2CCN(C=O)CC2)C(CC)C1)C(=O)NC1COCC1O.CCc1ccc(Cl)nc1N. The van der Waals surface area contributed by atoms with Crippen molar-refractivity contribution in [3.8, 4) is 0 Å². The van der Waals surface area contributed by atoms with Gasteiger partial charge in [-0.05, 0) is 44.0 Å². The van der Waals surface area contributed by atoms with Crippen molar-refractivity contribution in [1.29, 1.82) is 0 Å². The van der Waals surface area contributed by atoms with Crippen molar-refractivity contribution in [1.82, 2.24) is 30.3 Å². The lowest BCUT2D eigenvalue weighted by atomic mass is 9.98. The number of aliphatic hydroxyl groups excluding tert-OH is 1. The second-order valence-electron chi connectivity index (χ2n) is 11.1. The number of carbonyl (C=O) groups excluding carboxylic acids is 3. The molecule has 15 heteroatoms. The Bertz CT molecular complexity index is 1180. The summed E-state index contributed by atoms with van der Waals surface area (Å²) in [7, 11) is 0. The van der Waals surface area contributed by atoms with Crippen LogP contribution >= 0.6 is 11.6 Å². The number of piperazine rings is 1. The molecule has 0 spiro atoms. The molecule has 4 heterocycles. The molecule has 0 saturated carbocycles. The molecule has 7 N–H and O–H groups in total. The molecule has 44 heavy (non-hydrogen) atoms. The molecule has 3 amide bonds. The molecule has 4 rings (SSSR count). The molecule has 3 fully saturated rings. The van der Waals surface area contributed by atoms with Gasteiger partial charge in [0.25, 0.3) is 5.91 Å². The number of aromatic nitrogens is 1. The fourth-order valence-corrected chi connectivity index (χ4v) is 5.80. The maximum absolute atomic E-state index is 12.8. The lowest BCUT2D eigenvalue weighted by molar-refractivity contribution is -0.125. The summed E-state index contributed by atoms with van der Waals surface area (Å²) in [4.78, 5) is 50.3. The minimum absolute atomic E-state index is 0.115. The zero-order chi connectivity index (χ0) is 32.2. The van der Waals surface area contributed by atoms with E-state index in [9.17, 15) is 19.5 Å². The number of hydrogen-bond acceptors (Lipinski definition) is 11. The van der Waals surface area contributed by atoms with Crippen LogP contribution in [0.5, 0.6) is 0 Å². The summed E-state index contributed by atoms with van der Waals surface area (Å²) in [6.07, 6.45) is 3.88. The molecule has 3 saturated heterocycles. The fraction of sp³-hybridized carbons (Fsp3) is 0.621. The largest absolute Gasteiger partial charge is 0.388 e.